The molecule has 1 N–H and O–H groups in total. The summed E-state index contributed by atoms with van der Waals surface area (Å²) >= 11 is 7.14. The molecule has 104 valence electrons. The van der Waals surface area contributed by atoms with E-state index in [1.54, 1.807) is 18.3 Å². The molecule has 2 rings (SSSR count). The molecule has 20 heavy (non-hydrogen) atoms. The van der Waals surface area contributed by atoms with E-state index >= 15 is 0 Å². The van der Waals surface area contributed by atoms with Gasteiger partial charge in [-0.2, -0.15) is 0 Å². The molecule has 1 aromatic carbocycles. The van der Waals surface area contributed by atoms with Gasteiger partial charge in [-0.25, -0.2) is 4.98 Å². The summed E-state index contributed by atoms with van der Waals surface area (Å²) in [5, 5.41) is 4.24. The highest BCUT2D eigenvalue weighted by Gasteiger charge is 2.04. The minimum atomic E-state index is -0.0454. The highest BCUT2D eigenvalue weighted by molar-refractivity contribution is 7.99. The topological polar surface area (TPSA) is 42.0 Å². The first-order valence-electron chi connectivity index (χ1n) is 6.30. The van der Waals surface area contributed by atoms with Crippen molar-refractivity contribution in [3.63, 3.8) is 0 Å². The molecule has 0 fully saturated rings. The number of aromatic nitrogens is 1. The van der Waals surface area contributed by atoms with E-state index in [2.05, 4.69) is 17.2 Å². The number of aryl methyl sites for hydroxylation is 1. The quantitative estimate of drug-likeness (QED) is 0.848. The zero-order valence-electron chi connectivity index (χ0n) is 11.1. The molecule has 5 heteroatoms. The second-order valence-electron chi connectivity index (χ2n) is 4.20. The molecular formula is C15H15ClN2OS. The van der Waals surface area contributed by atoms with Crippen molar-refractivity contribution in [2.45, 2.75) is 18.4 Å². The number of anilines is 1. The Bertz CT molecular complexity index is 569. The lowest BCUT2D eigenvalue weighted by Gasteiger charge is -2.05. The van der Waals surface area contributed by atoms with Gasteiger partial charge in [0.05, 0.1) is 15.8 Å². The molecule has 0 bridgehead atoms. The summed E-state index contributed by atoms with van der Waals surface area (Å²) in [6.45, 7) is 2.10. The van der Waals surface area contributed by atoms with E-state index in [1.165, 1.54) is 17.3 Å². The summed E-state index contributed by atoms with van der Waals surface area (Å²) in [6.07, 6.45) is 2.57. The first-order valence-corrected chi connectivity index (χ1v) is 7.67. The van der Waals surface area contributed by atoms with Gasteiger partial charge < -0.3 is 5.32 Å². The van der Waals surface area contributed by atoms with Gasteiger partial charge in [-0.1, -0.05) is 42.4 Å². The van der Waals surface area contributed by atoms with Crippen molar-refractivity contribution in [3.05, 3.63) is 53.2 Å². The third-order valence-electron chi connectivity index (χ3n) is 2.70. The Hall–Kier alpha value is -1.52. The molecule has 3 nitrogen and oxygen atoms in total. The average Bonchev–Trinajstić information content (AvgIpc) is 2.47. The van der Waals surface area contributed by atoms with Crippen molar-refractivity contribution < 1.29 is 4.79 Å². The maximum Gasteiger partial charge on any atom is 0.234 e. The van der Waals surface area contributed by atoms with Crippen molar-refractivity contribution in [1.29, 1.82) is 0 Å². The number of hydrogen-bond acceptors (Lipinski definition) is 3. The Morgan fingerprint density at radius 3 is 2.60 bits per heavy atom. The van der Waals surface area contributed by atoms with Gasteiger partial charge in [0.15, 0.2) is 0 Å². The fraction of sp³-hybridized carbons (Fsp3) is 0.200. The molecule has 1 amide bonds. The van der Waals surface area contributed by atoms with Crippen molar-refractivity contribution in [2.75, 3.05) is 11.1 Å². The first kappa shape index (κ1) is 14.9. The molecule has 0 radical (unpaired) electrons. The molecule has 0 aliphatic heterocycles. The third kappa shape index (κ3) is 4.54. The van der Waals surface area contributed by atoms with Crippen LogP contribution in [0.5, 0.6) is 0 Å². The van der Waals surface area contributed by atoms with Gasteiger partial charge in [0.25, 0.3) is 0 Å². The van der Waals surface area contributed by atoms with Crippen LogP contribution in [0.2, 0.25) is 5.02 Å². The van der Waals surface area contributed by atoms with E-state index in [9.17, 15) is 4.79 Å². The van der Waals surface area contributed by atoms with Crippen LogP contribution < -0.4 is 5.32 Å². The second kappa shape index (κ2) is 7.31. The van der Waals surface area contributed by atoms with Gasteiger partial charge in [-0.05, 0) is 36.2 Å². The summed E-state index contributed by atoms with van der Waals surface area (Å²) in [4.78, 5) is 16.0. The molecule has 1 aromatic heterocycles. The Morgan fingerprint density at radius 1 is 1.25 bits per heavy atom. The average molecular weight is 307 g/mol. The van der Waals surface area contributed by atoms with Gasteiger partial charge in [0, 0.05) is 11.9 Å². The maximum atomic E-state index is 11.8. The number of nitrogens with zero attached hydrogens (tertiary/aromatic N) is 1. The summed E-state index contributed by atoms with van der Waals surface area (Å²) in [5.41, 5.74) is 2.07. The fourth-order valence-electron chi connectivity index (χ4n) is 1.61. The Balaban J connectivity index is 1.84. The van der Waals surface area contributed by atoms with Crippen LogP contribution in [0.15, 0.2) is 47.6 Å². The van der Waals surface area contributed by atoms with Crippen LogP contribution in [0.4, 0.5) is 5.69 Å². The summed E-state index contributed by atoms with van der Waals surface area (Å²) in [6, 6.07) is 11.4. The van der Waals surface area contributed by atoms with Gasteiger partial charge in [-0.3, -0.25) is 4.79 Å². The molecule has 0 aliphatic rings. The standard InChI is InChI=1S/C15H15ClN2OS/c1-2-11-3-6-13(7-4-11)18-14(19)10-20-15-8-5-12(16)9-17-15/h3-9H,2,10H2,1H3,(H,18,19). The van der Waals surface area contributed by atoms with Crippen LogP contribution in [0.1, 0.15) is 12.5 Å². The number of carbonyl (C=O) groups excluding carboxylic acids is 1. The van der Waals surface area contributed by atoms with Crippen LogP contribution in [0.3, 0.4) is 0 Å². The highest BCUT2D eigenvalue weighted by atomic mass is 35.5. The number of pyridine rings is 1. The summed E-state index contributed by atoms with van der Waals surface area (Å²) < 4.78 is 0. The molecule has 0 saturated heterocycles. The van der Waals surface area contributed by atoms with Crippen molar-refractivity contribution in [1.82, 2.24) is 4.98 Å². The number of carbonyl (C=O) groups is 1. The molecule has 1 heterocycles. The van der Waals surface area contributed by atoms with Gasteiger partial charge in [-0.15, -0.1) is 0 Å². The number of thioether (sulfide) groups is 1. The van der Waals surface area contributed by atoms with E-state index in [0.29, 0.717) is 10.8 Å². The maximum absolute atomic E-state index is 11.8. The number of amides is 1. The lowest BCUT2D eigenvalue weighted by Crippen LogP contribution is -2.14. The molecular weight excluding hydrogens is 292 g/mol. The normalized spacial score (nSPS) is 10.3. The Kier molecular flexibility index (Phi) is 5.44. The summed E-state index contributed by atoms with van der Waals surface area (Å²) in [7, 11) is 0. The van der Waals surface area contributed by atoms with Gasteiger partial charge in [0.1, 0.15) is 0 Å². The fourth-order valence-corrected chi connectivity index (χ4v) is 2.36. The highest BCUT2D eigenvalue weighted by Crippen LogP contribution is 2.17. The largest absolute Gasteiger partial charge is 0.325 e. The zero-order valence-corrected chi connectivity index (χ0v) is 12.7. The van der Waals surface area contributed by atoms with Crippen LogP contribution >= 0.6 is 23.4 Å². The molecule has 0 atom stereocenters. The lowest BCUT2D eigenvalue weighted by atomic mass is 10.1. The van der Waals surface area contributed by atoms with E-state index < -0.39 is 0 Å². The third-order valence-corrected chi connectivity index (χ3v) is 3.86. The van der Waals surface area contributed by atoms with Crippen LogP contribution in [0, 0.1) is 0 Å². The lowest BCUT2D eigenvalue weighted by molar-refractivity contribution is -0.113. The summed E-state index contributed by atoms with van der Waals surface area (Å²) in [5.74, 6) is 0.278. The Labute approximate surface area is 127 Å². The van der Waals surface area contributed by atoms with Crippen LogP contribution in [0.25, 0.3) is 0 Å². The van der Waals surface area contributed by atoms with E-state index in [0.717, 1.165) is 17.1 Å². The van der Waals surface area contributed by atoms with Crippen molar-refractivity contribution in [3.8, 4) is 0 Å². The van der Waals surface area contributed by atoms with E-state index in [4.69, 9.17) is 11.6 Å². The minimum Gasteiger partial charge on any atom is -0.325 e. The molecule has 0 aliphatic carbocycles. The molecule has 0 saturated carbocycles. The molecule has 0 spiro atoms. The number of nitrogens with one attached hydrogen (secondary N) is 1. The van der Waals surface area contributed by atoms with Crippen molar-refractivity contribution in [2.24, 2.45) is 0 Å². The zero-order chi connectivity index (χ0) is 14.4. The Morgan fingerprint density at radius 2 is 2.00 bits per heavy atom. The second-order valence-corrected chi connectivity index (χ2v) is 5.63. The van der Waals surface area contributed by atoms with E-state index in [1.807, 2.05) is 24.3 Å². The van der Waals surface area contributed by atoms with Crippen LogP contribution in [-0.4, -0.2) is 16.6 Å². The smallest absolute Gasteiger partial charge is 0.234 e. The van der Waals surface area contributed by atoms with Crippen molar-refractivity contribution >= 4 is 35.0 Å². The number of halogens is 1. The van der Waals surface area contributed by atoms with Crippen LogP contribution in [-0.2, 0) is 11.2 Å². The van der Waals surface area contributed by atoms with Gasteiger partial charge >= 0.3 is 0 Å². The predicted octanol–water partition coefficient (Wildman–Crippen LogP) is 4.03. The monoisotopic (exact) mass is 306 g/mol. The predicted molar refractivity (Wildman–Crippen MR) is 84.4 cm³/mol. The first-order chi connectivity index (χ1) is 9.67. The molecule has 2 aromatic rings. The minimum absolute atomic E-state index is 0.0454. The number of rotatable bonds is 5. The molecule has 0 unspecified atom stereocenters. The SMILES string of the molecule is CCc1ccc(NC(=O)CSc2ccc(Cl)cn2)cc1. The number of hydrogen-bond donors (Lipinski definition) is 1. The van der Waals surface area contributed by atoms with Gasteiger partial charge in [0.2, 0.25) is 5.91 Å². The van der Waals surface area contributed by atoms with E-state index in [-0.39, 0.29) is 5.91 Å². The number of benzene rings is 1.